The number of likely N-dealkylation sites (N-methyl/N-ethyl adjacent to an activating group) is 4. The Morgan fingerprint density at radius 1 is 0.409 bits per heavy atom. The van der Waals surface area contributed by atoms with Crippen LogP contribution < -0.4 is 14.8 Å². The first kappa shape index (κ1) is 99.2. The Hall–Kier alpha value is -15.0. The van der Waals surface area contributed by atoms with E-state index in [-0.39, 0.29) is 132 Å². The number of nitrogens with zero attached hydrogens (tertiary/aromatic N) is 11. The van der Waals surface area contributed by atoms with Crippen molar-refractivity contribution in [1.82, 2.24) is 59.6 Å². The second kappa shape index (κ2) is 49.6. The highest BCUT2D eigenvalue weighted by molar-refractivity contribution is 6.04. The second-order valence-corrected chi connectivity index (χ2v) is 32.3. The maximum absolute atomic E-state index is 13.6. The molecule has 4 fully saturated rings. The molecule has 0 unspecified atom stereocenters. The summed E-state index contributed by atoms with van der Waals surface area (Å²) in [5, 5.41) is 12.3. The molecule has 686 valence electrons. The summed E-state index contributed by atoms with van der Waals surface area (Å²) in [5.41, 5.74) is 11.2. The number of hydrogen-bond donors (Lipinski definition) is 2. The van der Waals surface area contributed by atoms with Crippen molar-refractivity contribution in [3.05, 3.63) is 372 Å². The number of pyridine rings is 4. The Labute approximate surface area is 773 Å². The molecule has 26 heteroatoms. The summed E-state index contributed by atoms with van der Waals surface area (Å²) in [6.45, 7) is 15.8. The van der Waals surface area contributed by atoms with Crippen molar-refractivity contribution in [3.63, 3.8) is 0 Å². The minimum atomic E-state index is -0.356. The lowest BCUT2D eigenvalue weighted by molar-refractivity contribution is -0.144. The number of aromatic nitrogens is 4. The van der Waals surface area contributed by atoms with E-state index in [1.54, 1.807) is 130 Å². The van der Waals surface area contributed by atoms with E-state index in [4.69, 9.17) is 18.9 Å². The molecule has 0 bridgehead atoms. The Morgan fingerprint density at radius 3 is 1.08 bits per heavy atom. The topological polar surface area (TPSA) is 297 Å². The van der Waals surface area contributed by atoms with Gasteiger partial charge in [0.1, 0.15) is 17.2 Å². The van der Waals surface area contributed by atoms with E-state index in [1.165, 1.54) is 26.9 Å². The average molecular weight is 1780 g/mol. The highest BCUT2D eigenvalue weighted by atomic mass is 16.5. The van der Waals surface area contributed by atoms with Crippen molar-refractivity contribution in [2.75, 3.05) is 55.6 Å². The summed E-state index contributed by atoms with van der Waals surface area (Å²) in [7, 11) is 10.3. The number of phenolic OH excluding ortho intramolecular Hbond substituents is 1. The van der Waals surface area contributed by atoms with Gasteiger partial charge in [-0.1, -0.05) is 189 Å². The number of rotatable bonds is 26. The Balaban J connectivity index is 0.000000167. The molecule has 2 N–H and O–H groups in total. The van der Waals surface area contributed by atoms with E-state index in [0.717, 1.165) is 79.1 Å². The van der Waals surface area contributed by atoms with Crippen LogP contribution in [0.1, 0.15) is 164 Å². The van der Waals surface area contributed by atoms with Crippen LogP contribution in [0.5, 0.6) is 17.2 Å². The molecule has 4 aliphatic heterocycles. The van der Waals surface area contributed by atoms with Crippen molar-refractivity contribution in [1.29, 1.82) is 0 Å². The molecule has 8 heterocycles. The summed E-state index contributed by atoms with van der Waals surface area (Å²) in [5.74, 6) is 0.585. The third-order valence-corrected chi connectivity index (χ3v) is 23.9. The molecule has 0 aliphatic carbocycles. The van der Waals surface area contributed by atoms with Gasteiger partial charge in [0.25, 0.3) is 11.8 Å². The van der Waals surface area contributed by atoms with Gasteiger partial charge >= 0.3 is 36.1 Å². The highest BCUT2D eigenvalue weighted by Crippen LogP contribution is 2.40. The van der Waals surface area contributed by atoms with E-state index in [9.17, 15) is 48.3 Å². The third-order valence-electron chi connectivity index (χ3n) is 23.9. The summed E-state index contributed by atoms with van der Waals surface area (Å²) < 4.78 is 20.6. The predicted octanol–water partition coefficient (Wildman–Crippen LogP) is 18.4. The van der Waals surface area contributed by atoms with Gasteiger partial charge in [-0.2, -0.15) is 0 Å². The second-order valence-electron chi connectivity index (χ2n) is 32.3. The molecule has 11 amide bonds. The molecule has 4 aromatic heterocycles. The molecule has 11 atom stereocenters. The number of hydrogen-bond acceptors (Lipinski definition) is 18. The highest BCUT2D eigenvalue weighted by Gasteiger charge is 2.48. The number of imide groups is 3. The molecule has 0 saturated carbocycles. The summed E-state index contributed by atoms with van der Waals surface area (Å²) in [4.78, 5) is 138. The number of urea groups is 4. The number of aromatic hydroxyl groups is 1. The number of ether oxygens (including phenoxy) is 4. The number of phenols is 1. The first-order valence-electron chi connectivity index (χ1n) is 44.0. The summed E-state index contributed by atoms with van der Waals surface area (Å²) in [6, 6.07) is 75.5. The number of carbonyl (C=O) groups excluding carboxylic acids is 9. The number of benzene rings is 7. The van der Waals surface area contributed by atoms with E-state index in [1.807, 2.05) is 265 Å². The van der Waals surface area contributed by atoms with Crippen molar-refractivity contribution in [2.24, 2.45) is 0 Å². The van der Waals surface area contributed by atoms with Crippen molar-refractivity contribution < 1.29 is 67.2 Å². The predicted molar refractivity (Wildman–Crippen MR) is 508 cm³/mol. The van der Waals surface area contributed by atoms with Gasteiger partial charge in [0.2, 0.25) is 5.91 Å². The number of amides is 11. The number of methoxy groups -OCH3 is 2. The van der Waals surface area contributed by atoms with Crippen LogP contribution in [0.4, 0.5) is 19.2 Å². The molecule has 0 radical (unpaired) electrons. The fourth-order valence-corrected chi connectivity index (χ4v) is 16.2. The van der Waals surface area contributed by atoms with E-state index in [2.05, 4.69) is 38.8 Å². The van der Waals surface area contributed by atoms with Crippen LogP contribution in [0.3, 0.4) is 0 Å². The smallest absolute Gasteiger partial charge is 0.327 e. The SMILES string of the molecule is C=CC(=O)N1C(=O)N(C)[C@H](C)[C@@H]1c1ccccc1.CCOC(=O)C[C@H](Cc1ccc(O)cc1)c1cccnc1.CCOC(=O)C[C@H](Cc1ccc(OC)cc1)c1cccnc1.COc1ccc(C[C@@H](CC(=O)N2C(=O)N(C)[C@H](C)[C@@H]2c2ccccc2)c2cccnc2)cc1.C[C@@H]1[C@H](c2ccccc2)N(C(=O)/C=C/c2cccnc2)C(=O)N1C.C[C@@H]1[C@H](c2ccccc2)NC(=O)N1C. The van der Waals surface area contributed by atoms with E-state index in [0.29, 0.717) is 38.9 Å². The fourth-order valence-electron chi connectivity index (χ4n) is 16.2. The van der Waals surface area contributed by atoms with Crippen LogP contribution in [0.25, 0.3) is 6.08 Å². The lowest BCUT2D eigenvalue weighted by atomic mass is 9.89. The standard InChI is InChI=1S/C27H29N3O3.C19H19N3O2.C18H21NO3.C17H19NO3.C14H16N2O2.C11H14N2O/c1-19-26(21-8-5-4-6-9-21)30(27(32)29(19)2)25(31)17-23(22-10-7-15-28-18-22)16-20-11-13-24(33-3)14-12-20;1-14-18(16-8-4-3-5-9-16)22(19(24)21(14)2)17(23)11-10-15-7-6-12-20-13-15;1-3-22-18(20)12-16(15-5-4-10-19-13-15)11-14-6-8-17(21-2)9-7-14;1-2-21-17(20)11-15(14-4-3-9-18-12-14)10-13-5-7-16(19)8-6-13;1-4-12(17)16-13(10(2)15(3)14(16)18)11-8-6-5-7-9-11;1-8-10(12-11(14)13(8)2)9-6-4-3-5-7-9/h4-15,18-19,23,26H,16-17H2,1-3H3;3-14,18H,1-2H3;4-10,13,16H,3,11-12H2,1-2H3;3-9,12,15,19H,2,10-11H2,1H3;4-10,13H,1H2,2-3H3;3-8,10H,1-2H3,(H,12,14)/b;11-10+;;;;/t19-,23+,26-;14-,18-;16-;15-;10-,13-;8-,10-/m110011/s1. The maximum Gasteiger partial charge on any atom is 0.327 e. The first-order chi connectivity index (χ1) is 63.8. The molecule has 26 nitrogen and oxygen atoms in total. The van der Waals surface area contributed by atoms with E-state index < -0.39 is 0 Å². The van der Waals surface area contributed by atoms with Crippen molar-refractivity contribution >= 4 is 59.9 Å². The van der Waals surface area contributed by atoms with Gasteiger partial charge in [-0.25, -0.2) is 19.2 Å². The summed E-state index contributed by atoms with van der Waals surface area (Å²) in [6.07, 6.45) is 21.2. The van der Waals surface area contributed by atoms with Gasteiger partial charge in [0, 0.05) is 90.3 Å². The number of esters is 2. The van der Waals surface area contributed by atoms with Crippen LogP contribution >= 0.6 is 0 Å². The molecule has 15 rings (SSSR count). The van der Waals surface area contributed by atoms with Crippen LogP contribution in [-0.2, 0) is 52.7 Å². The van der Waals surface area contributed by atoms with E-state index >= 15 is 0 Å². The fraction of sp³-hybridized carbons (Fsp3) is 0.292. The number of nitrogens with one attached hydrogen (secondary N) is 1. The molecule has 132 heavy (non-hydrogen) atoms. The lowest BCUT2D eigenvalue weighted by Gasteiger charge is -2.26. The molecular formula is C106H118N12O14. The van der Waals surface area contributed by atoms with Crippen LogP contribution in [-0.4, -0.2) is 193 Å². The van der Waals surface area contributed by atoms with Gasteiger partial charge in [0.05, 0.1) is 88.6 Å². The molecule has 4 saturated heterocycles. The Bertz CT molecular complexity index is 5550. The molecular weight excluding hydrogens is 1670 g/mol. The largest absolute Gasteiger partial charge is 0.508 e. The monoisotopic (exact) mass is 1780 g/mol. The van der Waals surface area contributed by atoms with Gasteiger partial charge < -0.3 is 49.0 Å². The Morgan fingerprint density at radius 2 is 0.750 bits per heavy atom. The van der Waals surface area contributed by atoms with Gasteiger partial charge in [-0.05, 0) is 213 Å². The minimum Gasteiger partial charge on any atom is -0.508 e. The molecule has 11 aromatic rings. The zero-order valence-electron chi connectivity index (χ0n) is 76.8. The van der Waals surface area contributed by atoms with Crippen molar-refractivity contribution in [2.45, 2.75) is 146 Å². The lowest BCUT2D eigenvalue weighted by Crippen LogP contribution is -2.37. The zero-order chi connectivity index (χ0) is 94.8. The average Bonchev–Trinajstić information content (AvgIpc) is 1.63. The molecule has 4 aliphatic rings. The van der Waals surface area contributed by atoms with Crippen molar-refractivity contribution in [3.8, 4) is 17.2 Å². The van der Waals surface area contributed by atoms with Gasteiger partial charge in [-0.3, -0.25) is 58.6 Å². The summed E-state index contributed by atoms with van der Waals surface area (Å²) >= 11 is 0. The molecule has 0 spiro atoms. The quantitative estimate of drug-likeness (QED) is 0.0376. The first-order valence-corrected chi connectivity index (χ1v) is 44.0. The molecule has 7 aromatic carbocycles. The van der Waals surface area contributed by atoms with Gasteiger partial charge in [0.15, 0.2) is 0 Å². The van der Waals surface area contributed by atoms with Crippen LogP contribution in [0.15, 0.2) is 311 Å². The van der Waals surface area contributed by atoms with Crippen LogP contribution in [0.2, 0.25) is 0 Å². The maximum atomic E-state index is 13.6. The minimum absolute atomic E-state index is 0.00588. The zero-order valence-corrected chi connectivity index (χ0v) is 76.8. The van der Waals surface area contributed by atoms with Gasteiger partial charge in [-0.15, -0.1) is 0 Å². The Kier molecular flexibility index (Phi) is 37.3. The third kappa shape index (κ3) is 26.9. The number of carbonyl (C=O) groups is 9. The van der Waals surface area contributed by atoms with Crippen LogP contribution in [0, 0.1) is 0 Å². The normalized spacial score (nSPS) is 18.3.